The monoisotopic (exact) mass is 509 g/mol. The van der Waals surface area contributed by atoms with E-state index in [2.05, 4.69) is 13.8 Å². The van der Waals surface area contributed by atoms with Gasteiger partial charge in [-0.1, -0.05) is 74.5 Å². The molecule has 0 radical (unpaired) electrons. The molecular formula is C29H39N3O5. The third-order valence-corrected chi connectivity index (χ3v) is 6.80. The molecule has 8 heteroatoms. The van der Waals surface area contributed by atoms with Crippen molar-refractivity contribution in [2.24, 2.45) is 21.6 Å². The summed E-state index contributed by atoms with van der Waals surface area (Å²) in [5.41, 5.74) is 8.31. The zero-order chi connectivity index (χ0) is 26.2. The SMILES string of the molecule is COC1=N[C@H](C(C)C)C(OC)=N[C@H]1C[C@H]1O[C@H](CN)[C@@H](OCc2ccccc2)[C@@H]1OCc1ccccc1. The van der Waals surface area contributed by atoms with Crippen molar-refractivity contribution in [2.75, 3.05) is 20.8 Å². The fourth-order valence-corrected chi connectivity index (χ4v) is 4.85. The summed E-state index contributed by atoms with van der Waals surface area (Å²) < 4.78 is 30.6. The Hall–Kier alpha value is -2.78. The number of nitrogens with zero attached hydrogens (tertiary/aromatic N) is 2. The molecule has 0 unspecified atom stereocenters. The quantitative estimate of drug-likeness (QED) is 0.524. The molecule has 6 atom stereocenters. The van der Waals surface area contributed by atoms with Crippen molar-refractivity contribution in [2.45, 2.75) is 70.0 Å². The van der Waals surface area contributed by atoms with E-state index in [0.717, 1.165) is 11.1 Å². The van der Waals surface area contributed by atoms with Crippen LogP contribution in [0.2, 0.25) is 0 Å². The standard InChI is InChI=1S/C29H39N3O5/c1-19(2)25-29(34-4)31-22(28(32-25)33-3)15-23-26(35-17-20-11-7-5-8-12-20)27(24(16-30)37-23)36-18-21-13-9-6-10-14-21/h5-14,19,22-27H,15-18,30H2,1-4H3/t22-,23+,24+,25+,26+,27+/m0/s1. The van der Waals surface area contributed by atoms with E-state index in [9.17, 15) is 0 Å². The van der Waals surface area contributed by atoms with E-state index in [-0.39, 0.29) is 42.4 Å². The Balaban J connectivity index is 1.56. The summed E-state index contributed by atoms with van der Waals surface area (Å²) in [7, 11) is 3.26. The maximum atomic E-state index is 6.49. The van der Waals surface area contributed by atoms with Crippen LogP contribution < -0.4 is 5.73 Å². The molecule has 0 amide bonds. The maximum Gasteiger partial charge on any atom is 0.209 e. The molecule has 0 aliphatic carbocycles. The van der Waals surface area contributed by atoms with E-state index in [1.807, 2.05) is 60.7 Å². The normalized spacial score (nSPS) is 27.6. The number of hydrogen-bond acceptors (Lipinski definition) is 8. The minimum absolute atomic E-state index is 0.176. The van der Waals surface area contributed by atoms with E-state index in [1.54, 1.807) is 14.2 Å². The molecule has 0 spiro atoms. The molecule has 2 aliphatic rings. The van der Waals surface area contributed by atoms with Crippen molar-refractivity contribution in [3.8, 4) is 0 Å². The van der Waals surface area contributed by atoms with Crippen molar-refractivity contribution in [3.63, 3.8) is 0 Å². The molecule has 1 fully saturated rings. The third-order valence-electron chi connectivity index (χ3n) is 6.80. The van der Waals surface area contributed by atoms with Crippen LogP contribution in [-0.4, -0.2) is 69.1 Å². The molecule has 0 saturated carbocycles. The van der Waals surface area contributed by atoms with Gasteiger partial charge >= 0.3 is 0 Å². The summed E-state index contributed by atoms with van der Waals surface area (Å²) in [6.07, 6.45) is -0.804. The lowest BCUT2D eigenvalue weighted by molar-refractivity contribution is -0.0788. The second kappa shape index (κ2) is 13.1. The van der Waals surface area contributed by atoms with Crippen LogP contribution in [0.4, 0.5) is 0 Å². The summed E-state index contributed by atoms with van der Waals surface area (Å²) in [6, 6.07) is 19.6. The number of rotatable bonds is 10. The predicted molar refractivity (Wildman–Crippen MR) is 144 cm³/mol. The van der Waals surface area contributed by atoms with Crippen LogP contribution in [0.5, 0.6) is 0 Å². The number of methoxy groups -OCH3 is 2. The van der Waals surface area contributed by atoms with Crippen LogP contribution in [0.15, 0.2) is 70.6 Å². The number of nitrogens with two attached hydrogens (primary N) is 1. The van der Waals surface area contributed by atoms with Crippen molar-refractivity contribution in [1.82, 2.24) is 0 Å². The van der Waals surface area contributed by atoms with Crippen molar-refractivity contribution < 1.29 is 23.7 Å². The first-order valence-corrected chi connectivity index (χ1v) is 12.9. The van der Waals surface area contributed by atoms with Crippen molar-refractivity contribution in [3.05, 3.63) is 71.8 Å². The van der Waals surface area contributed by atoms with Gasteiger partial charge < -0.3 is 29.4 Å². The Labute approximate surface area is 219 Å². The summed E-state index contributed by atoms with van der Waals surface area (Å²) in [5.74, 6) is 1.41. The minimum atomic E-state index is -0.353. The van der Waals surface area contributed by atoms with E-state index in [1.165, 1.54) is 0 Å². The Morgan fingerprint density at radius 3 is 1.81 bits per heavy atom. The summed E-state index contributed by atoms with van der Waals surface area (Å²) in [4.78, 5) is 9.69. The van der Waals surface area contributed by atoms with Gasteiger partial charge in [0, 0.05) is 13.0 Å². The van der Waals surface area contributed by atoms with Crippen LogP contribution in [0.3, 0.4) is 0 Å². The van der Waals surface area contributed by atoms with E-state index < -0.39 is 0 Å². The molecule has 2 aliphatic heterocycles. The molecule has 200 valence electrons. The van der Waals surface area contributed by atoms with Gasteiger partial charge in [-0.15, -0.1) is 0 Å². The van der Waals surface area contributed by atoms with Gasteiger partial charge in [0.05, 0.1) is 39.6 Å². The fourth-order valence-electron chi connectivity index (χ4n) is 4.85. The minimum Gasteiger partial charge on any atom is -0.483 e. The lowest BCUT2D eigenvalue weighted by Gasteiger charge is -2.29. The van der Waals surface area contributed by atoms with Gasteiger partial charge in [0.25, 0.3) is 0 Å². The van der Waals surface area contributed by atoms with Crippen molar-refractivity contribution >= 4 is 11.8 Å². The summed E-state index contributed by atoms with van der Waals surface area (Å²) >= 11 is 0. The van der Waals surface area contributed by atoms with Gasteiger partial charge in [0.1, 0.15) is 24.3 Å². The molecule has 0 bridgehead atoms. The van der Waals surface area contributed by atoms with Crippen LogP contribution in [0, 0.1) is 5.92 Å². The lowest BCUT2D eigenvalue weighted by atomic mass is 9.98. The first-order chi connectivity index (χ1) is 18.0. The van der Waals surface area contributed by atoms with E-state index >= 15 is 0 Å². The highest BCUT2D eigenvalue weighted by Gasteiger charge is 2.47. The van der Waals surface area contributed by atoms with E-state index in [0.29, 0.717) is 38.0 Å². The summed E-state index contributed by atoms with van der Waals surface area (Å²) in [6.45, 7) is 5.37. The highest BCUT2D eigenvalue weighted by atomic mass is 16.6. The number of benzene rings is 2. The van der Waals surface area contributed by atoms with Gasteiger partial charge in [0.2, 0.25) is 11.8 Å². The zero-order valence-corrected chi connectivity index (χ0v) is 22.2. The Morgan fingerprint density at radius 2 is 1.32 bits per heavy atom. The average molecular weight is 510 g/mol. The van der Waals surface area contributed by atoms with Gasteiger partial charge in [-0.25, -0.2) is 9.98 Å². The number of aliphatic imine (C=N–C) groups is 2. The Morgan fingerprint density at radius 1 is 0.784 bits per heavy atom. The highest BCUT2D eigenvalue weighted by Crippen LogP contribution is 2.32. The molecule has 2 N–H and O–H groups in total. The zero-order valence-electron chi connectivity index (χ0n) is 22.2. The molecule has 2 aromatic rings. The van der Waals surface area contributed by atoms with Gasteiger partial charge in [-0.2, -0.15) is 0 Å². The van der Waals surface area contributed by atoms with Crippen LogP contribution in [0.25, 0.3) is 0 Å². The second-order valence-corrected chi connectivity index (χ2v) is 9.75. The smallest absolute Gasteiger partial charge is 0.209 e. The first kappa shape index (κ1) is 27.3. The van der Waals surface area contributed by atoms with Crippen LogP contribution in [0.1, 0.15) is 31.4 Å². The molecule has 1 saturated heterocycles. The molecule has 8 nitrogen and oxygen atoms in total. The second-order valence-electron chi connectivity index (χ2n) is 9.75. The molecular weight excluding hydrogens is 470 g/mol. The molecule has 2 aromatic carbocycles. The van der Waals surface area contributed by atoms with Crippen LogP contribution >= 0.6 is 0 Å². The Kier molecular flexibility index (Phi) is 9.68. The number of hydrogen-bond donors (Lipinski definition) is 1. The molecule has 2 heterocycles. The van der Waals surface area contributed by atoms with Gasteiger partial charge in [-0.3, -0.25) is 0 Å². The molecule has 37 heavy (non-hydrogen) atoms. The van der Waals surface area contributed by atoms with E-state index in [4.69, 9.17) is 39.4 Å². The highest BCUT2D eigenvalue weighted by molar-refractivity contribution is 5.94. The fraction of sp³-hybridized carbons (Fsp3) is 0.517. The largest absolute Gasteiger partial charge is 0.483 e. The lowest BCUT2D eigenvalue weighted by Crippen LogP contribution is -2.42. The van der Waals surface area contributed by atoms with Gasteiger partial charge in [0.15, 0.2) is 0 Å². The van der Waals surface area contributed by atoms with Crippen LogP contribution in [-0.2, 0) is 36.9 Å². The average Bonchev–Trinajstić information content (AvgIpc) is 3.27. The maximum absolute atomic E-state index is 6.49. The van der Waals surface area contributed by atoms with Gasteiger partial charge in [-0.05, 0) is 17.0 Å². The number of ether oxygens (including phenoxy) is 5. The summed E-state index contributed by atoms with van der Waals surface area (Å²) in [5, 5.41) is 0. The topological polar surface area (TPSA) is 96.9 Å². The molecule has 0 aromatic heterocycles. The molecule has 4 rings (SSSR count). The first-order valence-electron chi connectivity index (χ1n) is 12.9. The third kappa shape index (κ3) is 6.76. The predicted octanol–water partition coefficient (Wildman–Crippen LogP) is 3.77. The van der Waals surface area contributed by atoms with Crippen molar-refractivity contribution in [1.29, 1.82) is 0 Å². The Bertz CT molecular complexity index is 1030.